The molecule has 50 valence electrons. The van der Waals surface area contributed by atoms with E-state index in [0.29, 0.717) is 0 Å². The quantitative estimate of drug-likeness (QED) is 0.369. The fraction of sp³-hybridized carbons (Fsp3) is 0. The first-order valence-corrected chi connectivity index (χ1v) is 2.53. The molecule has 0 saturated heterocycles. The van der Waals surface area contributed by atoms with Gasteiger partial charge in [0.2, 0.25) is 0 Å². The standard InChI is InChI=1S/C6H4N2O2/c7-2-1-5-4(8)3-6(9)10-5/h1,3H,8H2/b5-1+. The second kappa shape index (κ2) is 2.23. The molecule has 0 unspecified atom stereocenters. The van der Waals surface area contributed by atoms with Crippen molar-refractivity contribution >= 4 is 5.97 Å². The molecule has 0 aliphatic carbocycles. The molecule has 0 aromatic rings. The molecular weight excluding hydrogens is 132 g/mol. The predicted molar refractivity (Wildman–Crippen MR) is 32.1 cm³/mol. The highest BCUT2D eigenvalue weighted by Gasteiger charge is 2.16. The van der Waals surface area contributed by atoms with E-state index in [0.717, 1.165) is 12.2 Å². The lowest BCUT2D eigenvalue weighted by Crippen LogP contribution is -1.96. The number of carbonyl (C=O) groups is 1. The zero-order valence-electron chi connectivity index (χ0n) is 5.00. The second-order valence-corrected chi connectivity index (χ2v) is 1.66. The second-order valence-electron chi connectivity index (χ2n) is 1.66. The van der Waals surface area contributed by atoms with Crippen molar-refractivity contribution in [3.8, 4) is 6.07 Å². The van der Waals surface area contributed by atoms with E-state index < -0.39 is 5.97 Å². The molecule has 0 aromatic carbocycles. The Balaban J connectivity index is 2.90. The van der Waals surface area contributed by atoms with Crippen molar-refractivity contribution in [3.05, 3.63) is 23.6 Å². The minimum Gasteiger partial charge on any atom is -0.420 e. The predicted octanol–water partition coefficient (Wildman–Crippen LogP) is -0.207. The summed E-state index contributed by atoms with van der Waals surface area (Å²) in [5.74, 6) is -0.397. The van der Waals surface area contributed by atoms with Gasteiger partial charge < -0.3 is 10.5 Å². The van der Waals surface area contributed by atoms with Crippen molar-refractivity contribution < 1.29 is 9.53 Å². The number of rotatable bonds is 0. The summed E-state index contributed by atoms with van der Waals surface area (Å²) >= 11 is 0. The largest absolute Gasteiger partial charge is 0.420 e. The number of nitriles is 1. The molecule has 4 nitrogen and oxygen atoms in total. The van der Waals surface area contributed by atoms with Crippen molar-refractivity contribution in [2.24, 2.45) is 5.73 Å². The van der Waals surface area contributed by atoms with Gasteiger partial charge in [0.05, 0.1) is 23.9 Å². The Morgan fingerprint density at radius 3 is 2.90 bits per heavy atom. The van der Waals surface area contributed by atoms with Crippen LogP contribution in [-0.4, -0.2) is 5.97 Å². The maximum absolute atomic E-state index is 10.4. The van der Waals surface area contributed by atoms with E-state index in [-0.39, 0.29) is 11.5 Å². The molecule has 0 amide bonds. The van der Waals surface area contributed by atoms with Crippen LogP contribution in [0.4, 0.5) is 0 Å². The summed E-state index contributed by atoms with van der Waals surface area (Å²) < 4.78 is 4.50. The Morgan fingerprint density at radius 1 is 1.80 bits per heavy atom. The zero-order chi connectivity index (χ0) is 7.56. The van der Waals surface area contributed by atoms with Crippen molar-refractivity contribution in [3.63, 3.8) is 0 Å². The van der Waals surface area contributed by atoms with Gasteiger partial charge in [-0.15, -0.1) is 0 Å². The fourth-order valence-corrected chi connectivity index (χ4v) is 0.566. The number of hydrogen-bond acceptors (Lipinski definition) is 4. The lowest BCUT2D eigenvalue weighted by atomic mass is 10.4. The zero-order valence-corrected chi connectivity index (χ0v) is 5.00. The van der Waals surface area contributed by atoms with Crippen LogP contribution in [0.25, 0.3) is 0 Å². The molecule has 1 aliphatic rings. The van der Waals surface area contributed by atoms with Gasteiger partial charge in [0.25, 0.3) is 0 Å². The molecule has 2 N–H and O–H groups in total. The van der Waals surface area contributed by atoms with Gasteiger partial charge >= 0.3 is 5.97 Å². The first kappa shape index (κ1) is 6.36. The molecule has 1 rings (SSSR count). The number of cyclic esters (lactones) is 1. The van der Waals surface area contributed by atoms with Crippen molar-refractivity contribution in [2.45, 2.75) is 0 Å². The molecule has 0 aromatic heterocycles. The third-order valence-electron chi connectivity index (χ3n) is 0.964. The monoisotopic (exact) mass is 136 g/mol. The van der Waals surface area contributed by atoms with E-state index in [4.69, 9.17) is 11.0 Å². The first-order valence-electron chi connectivity index (χ1n) is 2.53. The van der Waals surface area contributed by atoms with E-state index >= 15 is 0 Å². The summed E-state index contributed by atoms with van der Waals surface area (Å²) in [5.41, 5.74) is 5.45. The average molecular weight is 136 g/mol. The summed E-state index contributed by atoms with van der Waals surface area (Å²) in [6.45, 7) is 0. The summed E-state index contributed by atoms with van der Waals surface area (Å²) in [6, 6.07) is 1.70. The maximum atomic E-state index is 10.4. The van der Waals surface area contributed by atoms with Crippen molar-refractivity contribution in [2.75, 3.05) is 0 Å². The van der Waals surface area contributed by atoms with Crippen molar-refractivity contribution in [1.29, 1.82) is 5.26 Å². The maximum Gasteiger partial charge on any atom is 0.338 e. The lowest BCUT2D eigenvalue weighted by molar-refractivity contribution is -0.132. The Hall–Kier alpha value is -1.76. The van der Waals surface area contributed by atoms with Crippen LogP contribution in [0.2, 0.25) is 0 Å². The Kier molecular flexibility index (Phi) is 1.42. The highest BCUT2D eigenvalue weighted by atomic mass is 16.5. The van der Waals surface area contributed by atoms with E-state index in [1.54, 1.807) is 6.07 Å². The van der Waals surface area contributed by atoms with Gasteiger partial charge in [0.15, 0.2) is 5.76 Å². The van der Waals surface area contributed by atoms with Gasteiger partial charge in [-0.25, -0.2) is 4.79 Å². The molecule has 10 heavy (non-hydrogen) atoms. The Bertz CT molecular complexity index is 270. The Morgan fingerprint density at radius 2 is 2.50 bits per heavy atom. The summed E-state index contributed by atoms with van der Waals surface area (Å²) in [5, 5.41) is 8.13. The van der Waals surface area contributed by atoms with E-state index in [1.807, 2.05) is 0 Å². The number of esters is 1. The summed E-state index contributed by atoms with van der Waals surface area (Å²) in [4.78, 5) is 10.4. The van der Waals surface area contributed by atoms with Gasteiger partial charge in [-0.2, -0.15) is 5.26 Å². The van der Waals surface area contributed by atoms with E-state index in [1.165, 1.54) is 0 Å². The Labute approximate surface area is 57.2 Å². The number of hydrogen-bond donors (Lipinski definition) is 1. The van der Waals surface area contributed by atoms with Crippen LogP contribution >= 0.6 is 0 Å². The van der Waals surface area contributed by atoms with Gasteiger partial charge in [0, 0.05) is 0 Å². The van der Waals surface area contributed by atoms with Crippen LogP contribution in [0.15, 0.2) is 23.6 Å². The molecule has 0 fully saturated rings. The molecule has 0 radical (unpaired) electrons. The van der Waals surface area contributed by atoms with Gasteiger partial charge in [-0.3, -0.25) is 0 Å². The molecule has 1 aliphatic heterocycles. The first-order chi connectivity index (χ1) is 4.74. The normalized spacial score (nSPS) is 20.1. The molecule has 0 spiro atoms. The fourth-order valence-electron chi connectivity index (χ4n) is 0.566. The van der Waals surface area contributed by atoms with Gasteiger partial charge in [-0.1, -0.05) is 0 Å². The smallest absolute Gasteiger partial charge is 0.338 e. The number of ether oxygens (including phenoxy) is 1. The molecule has 0 bridgehead atoms. The molecule has 1 heterocycles. The van der Waals surface area contributed by atoms with Crippen LogP contribution in [0.5, 0.6) is 0 Å². The number of carbonyl (C=O) groups excluding carboxylic acids is 1. The number of allylic oxidation sites excluding steroid dienone is 1. The number of nitrogens with zero attached hydrogens (tertiary/aromatic N) is 1. The third-order valence-corrected chi connectivity index (χ3v) is 0.964. The SMILES string of the molecule is N#C/C=C1/OC(=O)C=C1N. The third kappa shape index (κ3) is 0.977. The molecule has 0 atom stereocenters. The van der Waals surface area contributed by atoms with Crippen LogP contribution in [0, 0.1) is 11.3 Å². The minimum atomic E-state index is -0.529. The molecule has 0 saturated carbocycles. The summed E-state index contributed by atoms with van der Waals surface area (Å²) in [6.07, 6.45) is 2.21. The molecular formula is C6H4N2O2. The highest BCUT2D eigenvalue weighted by Crippen LogP contribution is 2.13. The minimum absolute atomic E-state index is 0.132. The van der Waals surface area contributed by atoms with Gasteiger partial charge in [0.1, 0.15) is 0 Å². The van der Waals surface area contributed by atoms with Crippen LogP contribution in [-0.2, 0) is 9.53 Å². The van der Waals surface area contributed by atoms with Crippen molar-refractivity contribution in [1.82, 2.24) is 0 Å². The van der Waals surface area contributed by atoms with Gasteiger partial charge in [-0.05, 0) is 0 Å². The number of nitrogens with two attached hydrogens (primary N) is 1. The summed E-state index contributed by atoms with van der Waals surface area (Å²) in [7, 11) is 0. The molecule has 4 heteroatoms. The van der Waals surface area contributed by atoms with E-state index in [2.05, 4.69) is 4.74 Å². The van der Waals surface area contributed by atoms with E-state index in [9.17, 15) is 4.79 Å². The highest BCUT2D eigenvalue weighted by molar-refractivity contribution is 5.88. The lowest BCUT2D eigenvalue weighted by Gasteiger charge is -1.92. The van der Waals surface area contributed by atoms with Crippen LogP contribution in [0.3, 0.4) is 0 Å². The topological polar surface area (TPSA) is 76.1 Å². The van der Waals surface area contributed by atoms with Crippen LogP contribution in [0.1, 0.15) is 0 Å². The average Bonchev–Trinajstić information content (AvgIpc) is 2.13. The van der Waals surface area contributed by atoms with Crippen LogP contribution < -0.4 is 5.73 Å².